The van der Waals surface area contributed by atoms with Crippen molar-refractivity contribution >= 4 is 23.3 Å². The molecule has 1 aromatic rings. The van der Waals surface area contributed by atoms with Crippen LogP contribution in [0.4, 0.5) is 5.69 Å². The number of aromatic carboxylic acids is 1. The molecule has 1 rings (SSSR count). The number of benzene rings is 1. The molecule has 0 heterocycles. The Labute approximate surface area is 86.1 Å². The zero-order valence-corrected chi connectivity index (χ0v) is 8.08. The normalized spacial score (nSPS) is 9.86. The zero-order valence-electron chi connectivity index (χ0n) is 7.33. The molecule has 0 unspecified atom stereocenters. The minimum absolute atomic E-state index is 0.0302. The fourth-order valence-electron chi connectivity index (χ4n) is 1.08. The maximum atomic E-state index is 10.8. The number of nitrogens with one attached hydrogen (secondary N) is 1. The summed E-state index contributed by atoms with van der Waals surface area (Å²) in [6.45, 7) is 0.228. The summed E-state index contributed by atoms with van der Waals surface area (Å²) < 4.78 is 0. The van der Waals surface area contributed by atoms with E-state index in [9.17, 15) is 4.79 Å². The number of carboxylic acids is 1. The van der Waals surface area contributed by atoms with Crippen LogP contribution in [0.15, 0.2) is 18.2 Å². The number of halogens is 1. The molecular weight excluding hydrogens is 206 g/mol. The number of rotatable bonds is 4. The molecule has 14 heavy (non-hydrogen) atoms. The van der Waals surface area contributed by atoms with Crippen LogP contribution in [0, 0.1) is 0 Å². The van der Waals surface area contributed by atoms with Crippen molar-refractivity contribution < 1.29 is 15.0 Å². The SMILES string of the molecule is O=C(O)c1c(Cl)cccc1NCCO. The predicted molar refractivity (Wildman–Crippen MR) is 54.0 cm³/mol. The highest BCUT2D eigenvalue weighted by Crippen LogP contribution is 2.23. The Morgan fingerprint density at radius 1 is 1.50 bits per heavy atom. The van der Waals surface area contributed by atoms with Crippen LogP contribution in [-0.4, -0.2) is 29.3 Å². The van der Waals surface area contributed by atoms with Gasteiger partial charge in [-0.25, -0.2) is 4.79 Å². The van der Waals surface area contributed by atoms with E-state index >= 15 is 0 Å². The third-order valence-electron chi connectivity index (χ3n) is 1.65. The predicted octanol–water partition coefficient (Wildman–Crippen LogP) is 1.44. The summed E-state index contributed by atoms with van der Waals surface area (Å²) in [7, 11) is 0. The highest BCUT2D eigenvalue weighted by atomic mass is 35.5. The van der Waals surface area contributed by atoms with Gasteiger partial charge < -0.3 is 15.5 Å². The summed E-state index contributed by atoms with van der Waals surface area (Å²) in [4.78, 5) is 10.8. The Hall–Kier alpha value is -1.26. The smallest absolute Gasteiger partial charge is 0.339 e. The standard InChI is InChI=1S/C9H10ClNO3/c10-6-2-1-3-7(11-4-5-12)8(6)9(13)14/h1-3,11-12H,4-5H2,(H,13,14). The van der Waals surface area contributed by atoms with E-state index in [0.717, 1.165) is 0 Å². The van der Waals surface area contributed by atoms with Gasteiger partial charge in [0.15, 0.2) is 0 Å². The number of aliphatic hydroxyl groups excluding tert-OH is 1. The molecule has 1 aromatic carbocycles. The van der Waals surface area contributed by atoms with Gasteiger partial charge in [-0.3, -0.25) is 0 Å². The average molecular weight is 216 g/mol. The molecule has 0 aliphatic carbocycles. The second kappa shape index (κ2) is 4.83. The molecule has 0 saturated carbocycles. The number of carbonyl (C=O) groups is 1. The van der Waals surface area contributed by atoms with Gasteiger partial charge in [-0.2, -0.15) is 0 Å². The van der Waals surface area contributed by atoms with Crippen molar-refractivity contribution in [3.8, 4) is 0 Å². The summed E-state index contributed by atoms with van der Waals surface area (Å²) in [5.41, 5.74) is 0.446. The molecule has 0 fully saturated rings. The van der Waals surface area contributed by atoms with Crippen LogP contribution in [0.1, 0.15) is 10.4 Å². The highest BCUT2D eigenvalue weighted by Gasteiger charge is 2.13. The number of aliphatic hydroxyl groups is 1. The lowest BCUT2D eigenvalue weighted by Crippen LogP contribution is -2.10. The monoisotopic (exact) mass is 215 g/mol. The van der Waals surface area contributed by atoms with Crippen molar-refractivity contribution in [2.45, 2.75) is 0 Å². The first-order valence-electron chi connectivity index (χ1n) is 4.03. The van der Waals surface area contributed by atoms with Gasteiger partial charge in [-0.1, -0.05) is 17.7 Å². The van der Waals surface area contributed by atoms with Crippen molar-refractivity contribution in [1.29, 1.82) is 0 Å². The van der Waals surface area contributed by atoms with E-state index in [-0.39, 0.29) is 17.2 Å². The van der Waals surface area contributed by atoms with E-state index in [1.54, 1.807) is 12.1 Å². The van der Waals surface area contributed by atoms with Gasteiger partial charge >= 0.3 is 5.97 Å². The lowest BCUT2D eigenvalue weighted by Gasteiger charge is -2.08. The van der Waals surface area contributed by atoms with Crippen LogP contribution in [0.25, 0.3) is 0 Å². The Kier molecular flexibility index (Phi) is 3.73. The summed E-state index contributed by atoms with van der Waals surface area (Å²) >= 11 is 5.72. The lowest BCUT2D eigenvalue weighted by atomic mass is 10.2. The Bertz CT molecular complexity index is 341. The molecule has 0 radical (unpaired) electrons. The lowest BCUT2D eigenvalue weighted by molar-refractivity contribution is 0.0698. The highest BCUT2D eigenvalue weighted by molar-refractivity contribution is 6.34. The third-order valence-corrected chi connectivity index (χ3v) is 1.97. The molecule has 4 nitrogen and oxygen atoms in total. The Balaban J connectivity index is 3.02. The van der Waals surface area contributed by atoms with E-state index in [1.165, 1.54) is 6.07 Å². The van der Waals surface area contributed by atoms with Gasteiger partial charge in [0.05, 0.1) is 17.3 Å². The zero-order chi connectivity index (χ0) is 10.6. The fraction of sp³-hybridized carbons (Fsp3) is 0.222. The van der Waals surface area contributed by atoms with E-state index < -0.39 is 5.97 Å². The van der Waals surface area contributed by atoms with Crippen LogP contribution in [0.5, 0.6) is 0 Å². The van der Waals surface area contributed by atoms with E-state index in [1.807, 2.05) is 0 Å². The maximum absolute atomic E-state index is 10.8. The quantitative estimate of drug-likeness (QED) is 0.711. The van der Waals surface area contributed by atoms with Crippen LogP contribution in [0.3, 0.4) is 0 Å². The molecule has 0 saturated heterocycles. The second-order valence-corrected chi connectivity index (χ2v) is 3.03. The molecule has 0 spiro atoms. The van der Waals surface area contributed by atoms with Gasteiger partial charge in [0.2, 0.25) is 0 Å². The molecule has 0 aliphatic heterocycles. The van der Waals surface area contributed by atoms with Crippen LogP contribution < -0.4 is 5.32 Å². The van der Waals surface area contributed by atoms with Crippen molar-refractivity contribution in [3.05, 3.63) is 28.8 Å². The van der Waals surface area contributed by atoms with Gasteiger partial charge in [0, 0.05) is 6.54 Å². The average Bonchev–Trinajstić information content (AvgIpc) is 2.14. The first-order chi connectivity index (χ1) is 6.66. The minimum atomic E-state index is -1.09. The van der Waals surface area contributed by atoms with E-state index in [4.69, 9.17) is 21.8 Å². The van der Waals surface area contributed by atoms with Crippen molar-refractivity contribution in [2.24, 2.45) is 0 Å². The van der Waals surface area contributed by atoms with Gasteiger partial charge in [-0.15, -0.1) is 0 Å². The first-order valence-corrected chi connectivity index (χ1v) is 4.41. The molecule has 0 bridgehead atoms. The number of anilines is 1. The van der Waals surface area contributed by atoms with Gasteiger partial charge in [-0.05, 0) is 12.1 Å². The third kappa shape index (κ3) is 2.37. The Morgan fingerprint density at radius 3 is 2.79 bits per heavy atom. The van der Waals surface area contributed by atoms with Crippen LogP contribution >= 0.6 is 11.6 Å². The maximum Gasteiger partial charge on any atom is 0.339 e. The summed E-state index contributed by atoms with van der Waals surface area (Å²) in [6.07, 6.45) is 0. The minimum Gasteiger partial charge on any atom is -0.478 e. The van der Waals surface area contributed by atoms with Crippen LogP contribution in [-0.2, 0) is 0 Å². The number of hydrogen-bond donors (Lipinski definition) is 3. The largest absolute Gasteiger partial charge is 0.478 e. The first kappa shape index (κ1) is 10.8. The number of hydrogen-bond acceptors (Lipinski definition) is 3. The molecule has 3 N–H and O–H groups in total. The van der Waals surface area contributed by atoms with Gasteiger partial charge in [0.25, 0.3) is 0 Å². The molecule has 0 aliphatic rings. The van der Waals surface area contributed by atoms with Crippen LogP contribution in [0.2, 0.25) is 5.02 Å². The van der Waals surface area contributed by atoms with E-state index in [0.29, 0.717) is 12.2 Å². The van der Waals surface area contributed by atoms with E-state index in [2.05, 4.69) is 5.32 Å². The van der Waals surface area contributed by atoms with Crippen molar-refractivity contribution in [3.63, 3.8) is 0 Å². The topological polar surface area (TPSA) is 69.6 Å². The van der Waals surface area contributed by atoms with Crippen molar-refractivity contribution in [1.82, 2.24) is 0 Å². The second-order valence-electron chi connectivity index (χ2n) is 2.62. The Morgan fingerprint density at radius 2 is 2.21 bits per heavy atom. The molecule has 0 atom stereocenters. The molecule has 0 aromatic heterocycles. The molecular formula is C9H10ClNO3. The summed E-state index contributed by atoms with van der Waals surface area (Å²) in [5.74, 6) is -1.09. The summed E-state index contributed by atoms with van der Waals surface area (Å²) in [6, 6.07) is 4.76. The van der Waals surface area contributed by atoms with Crippen molar-refractivity contribution in [2.75, 3.05) is 18.5 Å². The molecule has 5 heteroatoms. The number of carboxylic acid groups (broad SMARTS) is 1. The molecule has 0 amide bonds. The summed E-state index contributed by atoms with van der Waals surface area (Å²) in [5, 5.41) is 20.4. The fourth-order valence-corrected chi connectivity index (χ4v) is 1.33. The molecule has 76 valence electrons. The van der Waals surface area contributed by atoms with Gasteiger partial charge in [0.1, 0.15) is 5.56 Å².